The molecule has 0 unspecified atom stereocenters. The van der Waals surface area contributed by atoms with E-state index >= 15 is 0 Å². The van der Waals surface area contributed by atoms with Gasteiger partial charge < -0.3 is 10.6 Å². The van der Waals surface area contributed by atoms with Crippen LogP contribution in [0.5, 0.6) is 0 Å². The first kappa shape index (κ1) is 17.4. The molecule has 1 saturated heterocycles. The van der Waals surface area contributed by atoms with Gasteiger partial charge in [-0.3, -0.25) is 4.79 Å². The number of amides is 1. The fourth-order valence-electron chi connectivity index (χ4n) is 2.95. The van der Waals surface area contributed by atoms with Crippen LogP contribution in [-0.4, -0.2) is 39.7 Å². The predicted octanol–water partition coefficient (Wildman–Crippen LogP) is 2.59. The first-order chi connectivity index (χ1) is 11.8. The Kier molecular flexibility index (Phi) is 4.51. The van der Waals surface area contributed by atoms with Gasteiger partial charge in [0.05, 0.1) is 11.8 Å². The molecule has 9 heteroatoms. The SMILES string of the molecule is N[C@@H]1CCCN(C(=O)c2cnn(-c3ccccc3F)c2C(F)(F)F)C1. The van der Waals surface area contributed by atoms with Crippen molar-refractivity contribution in [3.8, 4) is 5.69 Å². The smallest absolute Gasteiger partial charge is 0.337 e. The summed E-state index contributed by atoms with van der Waals surface area (Å²) in [7, 11) is 0. The second kappa shape index (κ2) is 6.47. The Balaban J connectivity index is 2.06. The average molecular weight is 356 g/mol. The molecule has 25 heavy (non-hydrogen) atoms. The first-order valence-corrected chi connectivity index (χ1v) is 7.74. The third-order valence-corrected chi connectivity index (χ3v) is 4.09. The summed E-state index contributed by atoms with van der Waals surface area (Å²) >= 11 is 0. The Morgan fingerprint density at radius 1 is 1.28 bits per heavy atom. The van der Waals surface area contributed by atoms with E-state index in [0.717, 1.165) is 12.3 Å². The van der Waals surface area contributed by atoms with Gasteiger partial charge in [-0.05, 0) is 25.0 Å². The van der Waals surface area contributed by atoms with Crippen molar-refractivity contribution >= 4 is 5.91 Å². The molecule has 3 rings (SSSR count). The molecule has 0 radical (unpaired) electrons. The van der Waals surface area contributed by atoms with Crippen molar-refractivity contribution in [3.63, 3.8) is 0 Å². The number of carbonyl (C=O) groups excluding carboxylic acids is 1. The summed E-state index contributed by atoms with van der Waals surface area (Å²) in [5.41, 5.74) is 3.53. The molecule has 1 aromatic heterocycles. The van der Waals surface area contributed by atoms with Crippen LogP contribution in [0, 0.1) is 5.82 Å². The van der Waals surface area contributed by atoms with Crippen LogP contribution in [0.25, 0.3) is 5.69 Å². The van der Waals surface area contributed by atoms with E-state index in [9.17, 15) is 22.4 Å². The van der Waals surface area contributed by atoms with Gasteiger partial charge in [-0.15, -0.1) is 0 Å². The summed E-state index contributed by atoms with van der Waals surface area (Å²) in [5, 5.41) is 3.63. The van der Waals surface area contributed by atoms with Crippen LogP contribution in [0.4, 0.5) is 17.6 Å². The van der Waals surface area contributed by atoms with Gasteiger partial charge in [0.15, 0.2) is 5.69 Å². The van der Waals surface area contributed by atoms with Crippen molar-refractivity contribution in [2.24, 2.45) is 5.73 Å². The molecule has 5 nitrogen and oxygen atoms in total. The number of hydrogen-bond donors (Lipinski definition) is 1. The molecule has 1 atom stereocenters. The fraction of sp³-hybridized carbons (Fsp3) is 0.375. The molecule has 2 N–H and O–H groups in total. The Labute approximate surface area is 141 Å². The van der Waals surface area contributed by atoms with Crippen molar-refractivity contribution in [1.29, 1.82) is 0 Å². The van der Waals surface area contributed by atoms with Crippen LogP contribution in [0.3, 0.4) is 0 Å². The normalized spacial score (nSPS) is 18.4. The van der Waals surface area contributed by atoms with Gasteiger partial charge in [-0.2, -0.15) is 18.3 Å². The lowest BCUT2D eigenvalue weighted by Crippen LogP contribution is -2.46. The molecule has 0 spiro atoms. The Bertz CT molecular complexity index is 787. The lowest BCUT2D eigenvalue weighted by Gasteiger charge is -2.30. The van der Waals surface area contributed by atoms with E-state index < -0.39 is 29.2 Å². The maximum atomic E-state index is 13.9. The van der Waals surface area contributed by atoms with Crippen LogP contribution >= 0.6 is 0 Å². The second-order valence-corrected chi connectivity index (χ2v) is 5.92. The molecule has 1 aromatic carbocycles. The summed E-state index contributed by atoms with van der Waals surface area (Å²) in [6, 6.07) is 4.68. The fourth-order valence-corrected chi connectivity index (χ4v) is 2.95. The molecule has 1 amide bonds. The molecule has 1 fully saturated rings. The molecule has 0 bridgehead atoms. The summed E-state index contributed by atoms with van der Waals surface area (Å²) in [5.74, 6) is -1.67. The van der Waals surface area contributed by atoms with Crippen LogP contribution in [-0.2, 0) is 6.18 Å². The number of para-hydroxylation sites is 1. The molecule has 134 valence electrons. The number of hydrogen-bond acceptors (Lipinski definition) is 3. The zero-order chi connectivity index (χ0) is 18.2. The van der Waals surface area contributed by atoms with Gasteiger partial charge in [-0.1, -0.05) is 12.1 Å². The van der Waals surface area contributed by atoms with Gasteiger partial charge in [0, 0.05) is 19.1 Å². The third kappa shape index (κ3) is 3.37. The molecule has 1 aliphatic rings. The van der Waals surface area contributed by atoms with Gasteiger partial charge in [-0.25, -0.2) is 9.07 Å². The quantitative estimate of drug-likeness (QED) is 0.842. The van der Waals surface area contributed by atoms with Gasteiger partial charge in [0.1, 0.15) is 11.5 Å². The van der Waals surface area contributed by atoms with E-state index in [2.05, 4.69) is 5.10 Å². The monoisotopic (exact) mass is 356 g/mol. The van der Waals surface area contributed by atoms with Crippen LogP contribution in [0.15, 0.2) is 30.5 Å². The lowest BCUT2D eigenvalue weighted by molar-refractivity contribution is -0.143. The summed E-state index contributed by atoms with van der Waals surface area (Å²) in [6.45, 7) is 0.510. The number of piperidine rings is 1. The highest BCUT2D eigenvalue weighted by molar-refractivity contribution is 5.95. The number of nitrogens with two attached hydrogens (primary N) is 1. The molecular weight excluding hydrogens is 340 g/mol. The van der Waals surface area contributed by atoms with Crippen molar-refractivity contribution < 1.29 is 22.4 Å². The molecule has 0 saturated carbocycles. The maximum absolute atomic E-state index is 13.9. The van der Waals surface area contributed by atoms with Gasteiger partial charge in [0.2, 0.25) is 0 Å². The summed E-state index contributed by atoms with van der Waals surface area (Å²) in [4.78, 5) is 13.8. The molecule has 2 aromatic rings. The lowest BCUT2D eigenvalue weighted by atomic mass is 10.1. The van der Waals surface area contributed by atoms with Crippen molar-refractivity contribution in [2.45, 2.75) is 25.1 Å². The summed E-state index contributed by atoms with van der Waals surface area (Å²) < 4.78 is 55.1. The van der Waals surface area contributed by atoms with Crippen molar-refractivity contribution in [1.82, 2.24) is 14.7 Å². The molecule has 1 aliphatic heterocycles. The van der Waals surface area contributed by atoms with Gasteiger partial charge in [0.25, 0.3) is 5.91 Å². The second-order valence-electron chi connectivity index (χ2n) is 5.92. The topological polar surface area (TPSA) is 64.2 Å². The Morgan fingerprint density at radius 2 is 2.00 bits per heavy atom. The highest BCUT2D eigenvalue weighted by Gasteiger charge is 2.42. The number of alkyl halides is 3. The zero-order valence-corrected chi connectivity index (χ0v) is 13.1. The largest absolute Gasteiger partial charge is 0.434 e. The number of halogens is 4. The van der Waals surface area contributed by atoms with E-state index in [1.54, 1.807) is 0 Å². The van der Waals surface area contributed by atoms with E-state index in [1.807, 2.05) is 0 Å². The maximum Gasteiger partial charge on any atom is 0.434 e. The Hall–Kier alpha value is -2.42. The minimum atomic E-state index is -4.87. The number of nitrogens with zero attached hydrogens (tertiary/aromatic N) is 3. The van der Waals surface area contributed by atoms with Crippen LogP contribution in [0.1, 0.15) is 28.9 Å². The minimum Gasteiger partial charge on any atom is -0.337 e. The van der Waals surface area contributed by atoms with Crippen molar-refractivity contribution in [3.05, 3.63) is 47.5 Å². The number of aromatic nitrogens is 2. The number of benzene rings is 1. The zero-order valence-electron chi connectivity index (χ0n) is 13.1. The predicted molar refractivity (Wildman–Crippen MR) is 81.6 cm³/mol. The van der Waals surface area contributed by atoms with E-state index in [0.29, 0.717) is 24.1 Å². The molecule has 0 aliphatic carbocycles. The summed E-state index contributed by atoms with van der Waals surface area (Å²) in [6.07, 6.45) is -2.71. The van der Waals surface area contributed by atoms with E-state index in [1.165, 1.54) is 23.1 Å². The number of rotatable bonds is 2. The number of carbonyl (C=O) groups is 1. The van der Waals surface area contributed by atoms with E-state index in [4.69, 9.17) is 5.73 Å². The van der Waals surface area contributed by atoms with Crippen LogP contribution < -0.4 is 5.73 Å². The average Bonchev–Trinajstić information content (AvgIpc) is 2.99. The van der Waals surface area contributed by atoms with E-state index in [-0.39, 0.29) is 18.3 Å². The highest BCUT2D eigenvalue weighted by Crippen LogP contribution is 2.34. The standard InChI is InChI=1S/C16H16F4N4O/c17-12-5-1-2-6-13(12)24-14(16(18,19)20)11(8-22-24)15(25)23-7-3-4-10(21)9-23/h1-2,5-6,8,10H,3-4,7,9,21H2/t10-/m1/s1. The molecular formula is C16H16F4N4O. The molecule has 2 heterocycles. The van der Waals surface area contributed by atoms with Crippen molar-refractivity contribution in [2.75, 3.05) is 13.1 Å². The minimum absolute atomic E-state index is 0.182. The third-order valence-electron chi connectivity index (χ3n) is 4.09. The highest BCUT2D eigenvalue weighted by atomic mass is 19.4. The Morgan fingerprint density at radius 3 is 2.64 bits per heavy atom. The van der Waals surface area contributed by atoms with Gasteiger partial charge >= 0.3 is 6.18 Å². The number of likely N-dealkylation sites (tertiary alicyclic amines) is 1. The first-order valence-electron chi connectivity index (χ1n) is 7.74. The van der Waals surface area contributed by atoms with Crippen LogP contribution in [0.2, 0.25) is 0 Å².